The summed E-state index contributed by atoms with van der Waals surface area (Å²) in [7, 11) is 0. The lowest BCUT2D eigenvalue weighted by molar-refractivity contribution is 0.562. The molecule has 0 radical (unpaired) electrons. The lowest BCUT2D eigenvalue weighted by atomic mass is 10.1. The van der Waals surface area contributed by atoms with Crippen molar-refractivity contribution >= 4 is 11.6 Å². The number of imidazole rings is 1. The summed E-state index contributed by atoms with van der Waals surface area (Å²) in [4.78, 5) is 4.39. The predicted octanol–water partition coefficient (Wildman–Crippen LogP) is 3.04. The van der Waals surface area contributed by atoms with Crippen LogP contribution in [0, 0.1) is 0 Å². The highest BCUT2D eigenvalue weighted by Crippen LogP contribution is 2.26. The molecule has 3 nitrogen and oxygen atoms in total. The maximum absolute atomic E-state index is 6.25. The molecule has 4 heteroatoms. The third-order valence-corrected chi connectivity index (χ3v) is 3.39. The van der Waals surface area contributed by atoms with E-state index in [4.69, 9.17) is 17.3 Å². The Morgan fingerprint density at radius 3 is 2.83 bits per heavy atom. The molecule has 2 rings (SSSR count). The number of rotatable bonds is 5. The first-order chi connectivity index (χ1) is 8.77. The molecule has 1 aromatic heterocycles. The third-order valence-electron chi connectivity index (χ3n) is 3.05. The van der Waals surface area contributed by atoms with Gasteiger partial charge in [-0.05, 0) is 18.1 Å². The quantitative estimate of drug-likeness (QED) is 0.901. The van der Waals surface area contributed by atoms with Crippen LogP contribution < -0.4 is 5.73 Å². The highest BCUT2D eigenvalue weighted by atomic mass is 35.5. The molecule has 1 aromatic carbocycles. The van der Waals surface area contributed by atoms with Crippen molar-refractivity contribution in [2.24, 2.45) is 5.73 Å². The van der Waals surface area contributed by atoms with Gasteiger partial charge in [-0.25, -0.2) is 4.98 Å². The Kier molecular flexibility index (Phi) is 4.39. The zero-order chi connectivity index (χ0) is 13.0. The normalized spacial score (nSPS) is 12.6. The van der Waals surface area contributed by atoms with E-state index in [1.54, 1.807) is 0 Å². The van der Waals surface area contributed by atoms with Gasteiger partial charge in [0.15, 0.2) is 0 Å². The highest BCUT2D eigenvalue weighted by molar-refractivity contribution is 6.31. The maximum Gasteiger partial charge on any atom is 0.109 e. The monoisotopic (exact) mass is 263 g/mol. The summed E-state index contributed by atoms with van der Waals surface area (Å²) in [6.45, 7) is 2.66. The van der Waals surface area contributed by atoms with Gasteiger partial charge in [0.25, 0.3) is 0 Å². The summed E-state index contributed by atoms with van der Waals surface area (Å²) in [5.74, 6) is 1.06. The first kappa shape index (κ1) is 13.1. The zero-order valence-electron chi connectivity index (χ0n) is 10.5. The van der Waals surface area contributed by atoms with Crippen LogP contribution in [0.5, 0.6) is 0 Å². The van der Waals surface area contributed by atoms with Gasteiger partial charge in [-0.3, -0.25) is 0 Å². The molecule has 2 aromatic rings. The molecule has 96 valence electrons. The summed E-state index contributed by atoms with van der Waals surface area (Å²) in [6, 6.07) is 7.90. The van der Waals surface area contributed by atoms with Crippen molar-refractivity contribution in [3.05, 3.63) is 53.1 Å². The molecule has 0 aliphatic rings. The van der Waals surface area contributed by atoms with Gasteiger partial charge in [-0.15, -0.1) is 0 Å². The van der Waals surface area contributed by atoms with E-state index in [1.807, 2.05) is 36.7 Å². The van der Waals surface area contributed by atoms with Gasteiger partial charge in [0.2, 0.25) is 0 Å². The van der Waals surface area contributed by atoms with Crippen molar-refractivity contribution in [1.29, 1.82) is 0 Å². The molecule has 2 N–H and O–H groups in total. The van der Waals surface area contributed by atoms with E-state index in [0.29, 0.717) is 6.54 Å². The molecule has 1 unspecified atom stereocenters. The van der Waals surface area contributed by atoms with E-state index in [-0.39, 0.29) is 6.04 Å². The Balaban J connectivity index is 2.39. The molecule has 0 saturated carbocycles. The van der Waals surface area contributed by atoms with Crippen LogP contribution >= 0.6 is 11.6 Å². The molecule has 0 saturated heterocycles. The van der Waals surface area contributed by atoms with Gasteiger partial charge < -0.3 is 10.3 Å². The van der Waals surface area contributed by atoms with Gasteiger partial charge in [0.1, 0.15) is 5.82 Å². The van der Waals surface area contributed by atoms with Crippen molar-refractivity contribution < 1.29 is 0 Å². The second-order valence-electron chi connectivity index (χ2n) is 4.27. The summed E-state index contributed by atoms with van der Waals surface area (Å²) in [6.07, 6.45) is 5.82. The smallest absolute Gasteiger partial charge is 0.109 e. The van der Waals surface area contributed by atoms with Gasteiger partial charge in [-0.2, -0.15) is 0 Å². The fourth-order valence-electron chi connectivity index (χ4n) is 2.18. The van der Waals surface area contributed by atoms with E-state index >= 15 is 0 Å². The number of nitrogens with two attached hydrogens (primary N) is 1. The molecule has 1 atom stereocenters. The Hall–Kier alpha value is -1.32. The molecule has 0 amide bonds. The Morgan fingerprint density at radius 1 is 1.39 bits per heavy atom. The van der Waals surface area contributed by atoms with Crippen LogP contribution in [0.1, 0.15) is 30.8 Å². The average Bonchev–Trinajstić information content (AvgIpc) is 2.82. The van der Waals surface area contributed by atoms with Crippen LogP contribution in [0.15, 0.2) is 36.7 Å². The van der Waals surface area contributed by atoms with Gasteiger partial charge in [0, 0.05) is 30.4 Å². The minimum Gasteiger partial charge on any atom is -0.328 e. The van der Waals surface area contributed by atoms with Gasteiger partial charge >= 0.3 is 0 Å². The molecule has 18 heavy (non-hydrogen) atoms. The lowest BCUT2D eigenvalue weighted by Crippen LogP contribution is -2.22. The highest BCUT2D eigenvalue weighted by Gasteiger charge is 2.17. The Morgan fingerprint density at radius 2 is 2.17 bits per heavy atom. The van der Waals surface area contributed by atoms with Crippen LogP contribution in [0.25, 0.3) is 0 Å². The fourth-order valence-corrected chi connectivity index (χ4v) is 2.44. The minimum absolute atomic E-state index is 0.0581. The molecular weight excluding hydrogens is 246 g/mol. The molecule has 0 aliphatic carbocycles. The second kappa shape index (κ2) is 6.03. The van der Waals surface area contributed by atoms with Crippen LogP contribution in [0.3, 0.4) is 0 Å². The predicted molar refractivity (Wildman–Crippen MR) is 74.9 cm³/mol. The number of benzene rings is 1. The summed E-state index contributed by atoms with van der Waals surface area (Å²) < 4.78 is 2.13. The third kappa shape index (κ3) is 2.57. The molecule has 0 fully saturated rings. The van der Waals surface area contributed by atoms with Crippen LogP contribution in [0.2, 0.25) is 5.02 Å². The van der Waals surface area contributed by atoms with Crippen molar-refractivity contribution in [2.75, 3.05) is 6.54 Å². The van der Waals surface area contributed by atoms with Crippen molar-refractivity contribution in [1.82, 2.24) is 9.55 Å². The number of aryl methyl sites for hydroxylation is 1. The molecule has 0 aliphatic heterocycles. The Bertz CT molecular complexity index is 507. The standard InChI is InChI=1S/C14H18ClN3/c1-2-5-14-17-8-9-18(14)13(10-16)11-6-3-4-7-12(11)15/h3-4,6-9,13H,2,5,10,16H2,1H3. The number of nitrogens with zero attached hydrogens (tertiary/aromatic N) is 2. The maximum atomic E-state index is 6.25. The lowest BCUT2D eigenvalue weighted by Gasteiger charge is -2.20. The van der Waals surface area contributed by atoms with E-state index in [0.717, 1.165) is 29.3 Å². The van der Waals surface area contributed by atoms with Crippen LogP contribution in [0.4, 0.5) is 0 Å². The number of aromatic nitrogens is 2. The van der Waals surface area contributed by atoms with E-state index in [2.05, 4.69) is 16.5 Å². The Labute approximate surface area is 113 Å². The zero-order valence-corrected chi connectivity index (χ0v) is 11.3. The second-order valence-corrected chi connectivity index (χ2v) is 4.68. The minimum atomic E-state index is 0.0581. The average molecular weight is 264 g/mol. The molecule has 0 spiro atoms. The van der Waals surface area contributed by atoms with Crippen molar-refractivity contribution in [2.45, 2.75) is 25.8 Å². The van der Waals surface area contributed by atoms with Crippen LogP contribution in [-0.2, 0) is 6.42 Å². The van der Waals surface area contributed by atoms with E-state index in [1.165, 1.54) is 0 Å². The summed E-state index contributed by atoms with van der Waals surface area (Å²) in [5.41, 5.74) is 6.98. The fraction of sp³-hybridized carbons (Fsp3) is 0.357. The summed E-state index contributed by atoms with van der Waals surface area (Å²) >= 11 is 6.25. The van der Waals surface area contributed by atoms with Gasteiger partial charge in [-0.1, -0.05) is 36.7 Å². The summed E-state index contributed by atoms with van der Waals surface area (Å²) in [5, 5.41) is 0.754. The van der Waals surface area contributed by atoms with E-state index in [9.17, 15) is 0 Å². The first-order valence-corrected chi connectivity index (χ1v) is 6.62. The number of hydrogen-bond donors (Lipinski definition) is 1. The first-order valence-electron chi connectivity index (χ1n) is 6.24. The van der Waals surface area contributed by atoms with Crippen molar-refractivity contribution in [3.63, 3.8) is 0 Å². The topological polar surface area (TPSA) is 43.8 Å². The largest absolute Gasteiger partial charge is 0.328 e. The van der Waals surface area contributed by atoms with Crippen LogP contribution in [-0.4, -0.2) is 16.1 Å². The van der Waals surface area contributed by atoms with E-state index < -0.39 is 0 Å². The SMILES string of the molecule is CCCc1nccn1C(CN)c1ccccc1Cl. The number of halogens is 1. The molecular formula is C14H18ClN3. The molecule has 0 bridgehead atoms. The number of hydrogen-bond acceptors (Lipinski definition) is 2. The molecule has 1 heterocycles. The van der Waals surface area contributed by atoms with Gasteiger partial charge in [0.05, 0.1) is 6.04 Å². The van der Waals surface area contributed by atoms with Crippen molar-refractivity contribution in [3.8, 4) is 0 Å².